The van der Waals surface area contributed by atoms with Crippen LogP contribution in [0.2, 0.25) is 0 Å². The van der Waals surface area contributed by atoms with Crippen LogP contribution in [0.25, 0.3) is 33.2 Å². The van der Waals surface area contributed by atoms with E-state index in [0.717, 1.165) is 24.6 Å². The fourth-order valence-corrected chi connectivity index (χ4v) is 6.40. The number of carbonyl (C=O) groups excluding carboxylic acids is 1. The first-order valence-electron chi connectivity index (χ1n) is 13.5. The van der Waals surface area contributed by atoms with Gasteiger partial charge in [-0.15, -0.1) is 0 Å². The largest absolute Gasteiger partial charge is 0.389 e. The summed E-state index contributed by atoms with van der Waals surface area (Å²) in [5.41, 5.74) is 7.98. The Bertz CT molecular complexity index is 1700. The van der Waals surface area contributed by atoms with Gasteiger partial charge in [0.15, 0.2) is 0 Å². The maximum absolute atomic E-state index is 15.8. The second-order valence-corrected chi connectivity index (χ2v) is 11.6. The first-order valence-corrected chi connectivity index (χ1v) is 13.5. The predicted octanol–water partition coefficient (Wildman–Crippen LogP) is 5.60. The highest BCUT2D eigenvalue weighted by Gasteiger charge is 2.47. The molecule has 0 radical (unpaired) electrons. The van der Waals surface area contributed by atoms with Crippen LogP contribution in [0.1, 0.15) is 49.0 Å². The molecule has 40 heavy (non-hydrogen) atoms. The minimum absolute atomic E-state index is 0.000713. The van der Waals surface area contributed by atoms with E-state index in [1.807, 2.05) is 17.0 Å². The number of rotatable bonds is 5. The summed E-state index contributed by atoms with van der Waals surface area (Å²) in [5.74, 6) is -1.31. The molecule has 0 aliphatic carbocycles. The van der Waals surface area contributed by atoms with Crippen molar-refractivity contribution in [2.75, 3.05) is 0 Å². The normalized spacial score (nSPS) is 20.3. The van der Waals surface area contributed by atoms with Crippen molar-refractivity contribution >= 4 is 16.8 Å². The number of nitriles is 1. The van der Waals surface area contributed by atoms with E-state index in [0.29, 0.717) is 39.9 Å². The number of halogens is 2. The SMILES string of the molecule is CC(C)(O)Cn1ccc2cc(-c3ccc(C(=O)N4[C@H]5CC[C@@H]4[C@@H](N)C5)cc3-c3ccc(C#N)c(F)c3)c(F)cc21. The van der Waals surface area contributed by atoms with Gasteiger partial charge in [0.2, 0.25) is 0 Å². The number of hydrogen-bond acceptors (Lipinski definition) is 4. The Morgan fingerprint density at radius 2 is 1.85 bits per heavy atom. The molecule has 1 amide bonds. The topological polar surface area (TPSA) is 95.3 Å². The highest BCUT2D eigenvalue weighted by Crippen LogP contribution is 2.40. The summed E-state index contributed by atoms with van der Waals surface area (Å²) in [6.45, 7) is 3.68. The van der Waals surface area contributed by atoms with Gasteiger partial charge in [-0.25, -0.2) is 8.78 Å². The summed E-state index contributed by atoms with van der Waals surface area (Å²) in [7, 11) is 0. The Kier molecular flexibility index (Phi) is 6.25. The van der Waals surface area contributed by atoms with Crippen LogP contribution >= 0.6 is 0 Å². The van der Waals surface area contributed by atoms with E-state index >= 15 is 4.39 Å². The molecular weight excluding hydrogens is 510 g/mol. The van der Waals surface area contributed by atoms with Gasteiger partial charge < -0.3 is 20.3 Å². The summed E-state index contributed by atoms with van der Waals surface area (Å²) in [5, 5.41) is 20.3. The van der Waals surface area contributed by atoms with E-state index in [4.69, 9.17) is 5.73 Å². The number of aromatic nitrogens is 1. The summed E-state index contributed by atoms with van der Waals surface area (Å²) < 4.78 is 32.3. The van der Waals surface area contributed by atoms with Crippen LogP contribution in [0, 0.1) is 23.0 Å². The van der Waals surface area contributed by atoms with Gasteiger partial charge in [0, 0.05) is 40.8 Å². The van der Waals surface area contributed by atoms with E-state index in [9.17, 15) is 19.6 Å². The number of carbonyl (C=O) groups is 1. The Morgan fingerprint density at radius 3 is 2.50 bits per heavy atom. The highest BCUT2D eigenvalue weighted by molar-refractivity contribution is 5.99. The average Bonchev–Trinajstić information content (AvgIpc) is 3.59. The number of amides is 1. The molecule has 0 spiro atoms. The summed E-state index contributed by atoms with van der Waals surface area (Å²) in [6, 6.07) is 16.2. The van der Waals surface area contributed by atoms with Crippen LogP contribution in [0.15, 0.2) is 60.8 Å². The molecule has 6 rings (SSSR count). The Labute approximate surface area is 231 Å². The molecule has 1 aromatic heterocycles. The molecule has 204 valence electrons. The third-order valence-corrected chi connectivity index (χ3v) is 8.19. The molecule has 3 heterocycles. The third-order valence-electron chi connectivity index (χ3n) is 8.19. The number of benzene rings is 3. The van der Waals surface area contributed by atoms with Crippen LogP contribution in [0.3, 0.4) is 0 Å². The molecule has 2 fully saturated rings. The summed E-state index contributed by atoms with van der Waals surface area (Å²) in [4.78, 5) is 15.5. The van der Waals surface area contributed by atoms with Gasteiger partial charge in [-0.1, -0.05) is 12.1 Å². The van der Waals surface area contributed by atoms with Crippen molar-refractivity contribution < 1.29 is 18.7 Å². The molecule has 3 aromatic carbocycles. The van der Waals surface area contributed by atoms with Gasteiger partial charge in [-0.3, -0.25) is 4.79 Å². The highest BCUT2D eigenvalue weighted by atomic mass is 19.1. The van der Waals surface area contributed by atoms with Crippen LogP contribution in [0.5, 0.6) is 0 Å². The maximum atomic E-state index is 15.8. The van der Waals surface area contributed by atoms with Gasteiger partial charge in [-0.05, 0) is 92.3 Å². The lowest BCUT2D eigenvalue weighted by Crippen LogP contribution is -2.40. The smallest absolute Gasteiger partial charge is 0.254 e. The fourth-order valence-electron chi connectivity index (χ4n) is 6.40. The van der Waals surface area contributed by atoms with Gasteiger partial charge in [0.25, 0.3) is 5.91 Å². The minimum Gasteiger partial charge on any atom is -0.389 e. The Balaban J connectivity index is 1.48. The molecule has 0 unspecified atom stereocenters. The molecule has 0 saturated carbocycles. The van der Waals surface area contributed by atoms with Gasteiger partial charge in [0.05, 0.1) is 23.2 Å². The molecule has 2 bridgehead atoms. The van der Waals surface area contributed by atoms with Crippen LogP contribution < -0.4 is 5.73 Å². The van der Waals surface area contributed by atoms with Crippen molar-refractivity contribution in [1.82, 2.24) is 9.47 Å². The standard InChI is InChI=1S/C32H30F2N4O2/c1-32(2,40)17-37-10-9-19-11-25(27(34)15-30(19)37)23-7-5-20(31(39)38-22-6-8-29(38)28(36)14-22)12-24(23)18-3-4-21(16-35)26(33)13-18/h3-5,7,9-13,15,22,28-29,40H,6,8,14,17,36H2,1-2H3/t22-,28-,29+/m0/s1. The van der Waals surface area contributed by atoms with Gasteiger partial charge >= 0.3 is 0 Å². The van der Waals surface area contributed by atoms with E-state index in [1.54, 1.807) is 54.9 Å². The second-order valence-electron chi connectivity index (χ2n) is 11.6. The Morgan fingerprint density at radius 1 is 1.05 bits per heavy atom. The summed E-state index contributed by atoms with van der Waals surface area (Å²) >= 11 is 0. The molecule has 3 N–H and O–H groups in total. The molecule has 6 nitrogen and oxygen atoms in total. The lowest BCUT2D eigenvalue weighted by molar-refractivity contribution is 0.0628. The third kappa shape index (κ3) is 4.45. The maximum Gasteiger partial charge on any atom is 0.254 e. The van der Waals surface area contributed by atoms with E-state index < -0.39 is 17.2 Å². The van der Waals surface area contributed by atoms with Crippen molar-refractivity contribution in [3.05, 3.63) is 83.6 Å². The number of nitrogens with zero attached hydrogens (tertiary/aromatic N) is 3. The first-order chi connectivity index (χ1) is 19.0. The van der Waals surface area contributed by atoms with Crippen LogP contribution in [-0.4, -0.2) is 44.2 Å². The average molecular weight is 541 g/mol. The number of fused-ring (bicyclic) bond motifs is 3. The first kappa shape index (κ1) is 26.2. The van der Waals surface area contributed by atoms with E-state index in [2.05, 4.69) is 0 Å². The molecule has 3 atom stereocenters. The zero-order chi connectivity index (χ0) is 28.3. The quantitative estimate of drug-likeness (QED) is 0.345. The van der Waals surface area contributed by atoms with Crippen molar-refractivity contribution in [2.24, 2.45) is 5.73 Å². The minimum atomic E-state index is -0.977. The molecule has 8 heteroatoms. The lowest BCUT2D eigenvalue weighted by atomic mass is 9.91. The van der Waals surface area contributed by atoms with Crippen molar-refractivity contribution in [3.8, 4) is 28.3 Å². The zero-order valence-corrected chi connectivity index (χ0v) is 22.4. The zero-order valence-electron chi connectivity index (χ0n) is 22.4. The van der Waals surface area contributed by atoms with E-state index in [1.165, 1.54) is 18.2 Å². The lowest BCUT2D eigenvalue weighted by Gasteiger charge is -2.24. The molecule has 2 aliphatic rings. The monoisotopic (exact) mass is 540 g/mol. The summed E-state index contributed by atoms with van der Waals surface area (Å²) in [6.07, 6.45) is 4.38. The van der Waals surface area contributed by atoms with Crippen LogP contribution in [0.4, 0.5) is 8.78 Å². The predicted molar refractivity (Wildman–Crippen MR) is 149 cm³/mol. The molecule has 2 saturated heterocycles. The van der Waals surface area contributed by atoms with Gasteiger partial charge in [0.1, 0.15) is 17.7 Å². The number of nitrogens with two attached hydrogens (primary N) is 1. The fraction of sp³-hybridized carbons (Fsp3) is 0.312. The molecule has 2 aliphatic heterocycles. The van der Waals surface area contributed by atoms with E-state index in [-0.39, 0.29) is 29.6 Å². The van der Waals surface area contributed by atoms with Gasteiger partial charge in [-0.2, -0.15) is 5.26 Å². The second kappa shape index (κ2) is 9.54. The number of hydrogen-bond donors (Lipinski definition) is 2. The van der Waals surface area contributed by atoms with Crippen molar-refractivity contribution in [1.29, 1.82) is 5.26 Å². The van der Waals surface area contributed by atoms with Crippen LogP contribution in [-0.2, 0) is 6.54 Å². The molecule has 4 aromatic rings. The van der Waals surface area contributed by atoms with Crippen molar-refractivity contribution in [2.45, 2.75) is 63.4 Å². The molecular formula is C32H30F2N4O2. The number of aliphatic hydroxyl groups is 1. The van der Waals surface area contributed by atoms with Crippen molar-refractivity contribution in [3.63, 3.8) is 0 Å². The Hall–Kier alpha value is -4.06.